The molecule has 1 atom stereocenters. The second-order valence-corrected chi connectivity index (χ2v) is 6.29. The Morgan fingerprint density at radius 3 is 2.95 bits per heavy atom. The zero-order valence-corrected chi connectivity index (χ0v) is 11.7. The third kappa shape index (κ3) is 1.77. The maximum absolute atomic E-state index is 12.2. The number of hydrogen-bond donors (Lipinski definition) is 2. The number of rotatable bonds is 2. The summed E-state index contributed by atoms with van der Waals surface area (Å²) < 4.78 is 1.86. The molecule has 0 saturated heterocycles. The van der Waals surface area contributed by atoms with Crippen molar-refractivity contribution in [1.29, 1.82) is 0 Å². The quantitative estimate of drug-likeness (QED) is 0.815. The number of nitrogens with one attached hydrogen (secondary N) is 1. The van der Waals surface area contributed by atoms with Crippen molar-refractivity contribution in [2.45, 2.75) is 38.9 Å². The maximum Gasteiger partial charge on any atom is 0.326 e. The van der Waals surface area contributed by atoms with Gasteiger partial charge in [-0.1, -0.05) is 0 Å². The van der Waals surface area contributed by atoms with Gasteiger partial charge in [0.05, 0.1) is 11.0 Å². The molecule has 2 aromatic rings. The van der Waals surface area contributed by atoms with Crippen LogP contribution in [0.15, 0.2) is 16.9 Å². The first-order valence-corrected chi connectivity index (χ1v) is 7.37. The van der Waals surface area contributed by atoms with Crippen LogP contribution in [0.2, 0.25) is 0 Å². The third-order valence-electron chi connectivity index (χ3n) is 4.70. The number of anilines is 1. The number of hydrogen-bond acceptors (Lipinski definition) is 3. The van der Waals surface area contributed by atoms with Gasteiger partial charge in [0.2, 0.25) is 0 Å². The van der Waals surface area contributed by atoms with Gasteiger partial charge in [0.15, 0.2) is 0 Å². The van der Waals surface area contributed by atoms with Crippen LogP contribution in [-0.4, -0.2) is 27.0 Å². The predicted molar refractivity (Wildman–Crippen MR) is 79.6 cm³/mol. The van der Waals surface area contributed by atoms with Crippen molar-refractivity contribution in [2.75, 3.05) is 12.3 Å². The van der Waals surface area contributed by atoms with Crippen LogP contribution < -0.4 is 11.4 Å². The number of nitrogens with two attached hydrogens (primary N) is 1. The van der Waals surface area contributed by atoms with Gasteiger partial charge in [-0.15, -0.1) is 0 Å². The van der Waals surface area contributed by atoms with Gasteiger partial charge in [-0.3, -0.25) is 9.47 Å². The van der Waals surface area contributed by atoms with Crippen molar-refractivity contribution in [2.24, 2.45) is 5.92 Å². The van der Waals surface area contributed by atoms with E-state index in [-0.39, 0.29) is 5.69 Å². The lowest BCUT2D eigenvalue weighted by Gasteiger charge is -2.27. The van der Waals surface area contributed by atoms with E-state index in [0.717, 1.165) is 47.8 Å². The van der Waals surface area contributed by atoms with Crippen LogP contribution >= 0.6 is 0 Å². The highest BCUT2D eigenvalue weighted by Crippen LogP contribution is 2.33. The van der Waals surface area contributed by atoms with Crippen LogP contribution in [0.25, 0.3) is 11.0 Å². The summed E-state index contributed by atoms with van der Waals surface area (Å²) in [5.41, 5.74) is 9.95. The van der Waals surface area contributed by atoms with Gasteiger partial charge in [-0.05, 0) is 37.8 Å². The molecule has 1 aromatic heterocycles. The van der Waals surface area contributed by atoms with Gasteiger partial charge in [0.1, 0.15) is 0 Å². The fraction of sp³-hybridized carbons (Fsp3) is 0.533. The minimum atomic E-state index is -0.0213. The van der Waals surface area contributed by atoms with E-state index in [1.165, 1.54) is 12.8 Å². The van der Waals surface area contributed by atoms with E-state index < -0.39 is 0 Å². The Kier molecular flexibility index (Phi) is 2.48. The fourth-order valence-corrected chi connectivity index (χ4v) is 3.30. The van der Waals surface area contributed by atoms with Crippen LogP contribution in [0.4, 0.5) is 5.69 Å². The minimum Gasteiger partial charge on any atom is -0.398 e. The summed E-state index contributed by atoms with van der Waals surface area (Å²) in [5.74, 6) is 0.841. The molecular formula is C15H20N4O. The first-order chi connectivity index (χ1) is 9.63. The van der Waals surface area contributed by atoms with Gasteiger partial charge in [-0.25, -0.2) is 4.79 Å². The molecule has 0 bridgehead atoms. The zero-order chi connectivity index (χ0) is 13.9. The average molecular weight is 272 g/mol. The number of nitrogen functional groups attached to an aromatic ring is 1. The van der Waals surface area contributed by atoms with E-state index in [9.17, 15) is 4.79 Å². The molecule has 5 heteroatoms. The van der Waals surface area contributed by atoms with E-state index >= 15 is 0 Å². The first kappa shape index (κ1) is 12.0. The summed E-state index contributed by atoms with van der Waals surface area (Å²) in [5, 5.41) is 0. The highest BCUT2D eigenvalue weighted by atomic mass is 16.1. The Labute approximate surface area is 117 Å². The molecule has 5 nitrogen and oxygen atoms in total. The lowest BCUT2D eigenvalue weighted by atomic mass is 10.1. The molecule has 4 rings (SSSR count). The summed E-state index contributed by atoms with van der Waals surface area (Å²) in [4.78, 5) is 17.6. The monoisotopic (exact) mass is 272 g/mol. The van der Waals surface area contributed by atoms with Crippen molar-refractivity contribution >= 4 is 16.7 Å². The van der Waals surface area contributed by atoms with Gasteiger partial charge < -0.3 is 10.7 Å². The topological polar surface area (TPSA) is 67.0 Å². The molecule has 3 N–H and O–H groups in total. The minimum absolute atomic E-state index is 0.0213. The molecular weight excluding hydrogens is 252 g/mol. The summed E-state index contributed by atoms with van der Waals surface area (Å²) in [6, 6.07) is 4.18. The van der Waals surface area contributed by atoms with Crippen LogP contribution in [0.3, 0.4) is 0 Å². The highest BCUT2D eigenvalue weighted by molar-refractivity contribution is 5.84. The summed E-state index contributed by atoms with van der Waals surface area (Å²) in [7, 11) is 0. The van der Waals surface area contributed by atoms with Crippen molar-refractivity contribution < 1.29 is 0 Å². The van der Waals surface area contributed by atoms with Gasteiger partial charge >= 0.3 is 5.69 Å². The van der Waals surface area contributed by atoms with Crippen molar-refractivity contribution in [3.63, 3.8) is 0 Å². The third-order valence-corrected chi connectivity index (χ3v) is 4.70. The standard InChI is InChI=1S/C15H20N4O/c1-9-6-19-14-11(8-18(9)7-10-2-3-10)12(16)4-5-13(14)17-15(19)20/h4-5,9-10H,2-3,6-8,16H2,1H3,(H,17,20)/t9-/m0/s1. The fourth-order valence-electron chi connectivity index (χ4n) is 3.30. The second-order valence-electron chi connectivity index (χ2n) is 6.29. The zero-order valence-electron chi connectivity index (χ0n) is 11.7. The Hall–Kier alpha value is -1.75. The Bertz CT molecular complexity index is 725. The van der Waals surface area contributed by atoms with Crippen LogP contribution in [0.5, 0.6) is 0 Å². The molecule has 1 aliphatic carbocycles. The van der Waals surface area contributed by atoms with E-state index in [4.69, 9.17) is 5.73 Å². The molecule has 1 aromatic carbocycles. The predicted octanol–water partition coefficient (Wildman–Crippen LogP) is 1.53. The largest absolute Gasteiger partial charge is 0.398 e. The van der Waals surface area contributed by atoms with Crippen LogP contribution in [0, 0.1) is 5.92 Å². The lowest BCUT2D eigenvalue weighted by molar-refractivity contribution is 0.181. The molecule has 0 unspecified atom stereocenters. The number of nitrogens with zero attached hydrogens (tertiary/aromatic N) is 2. The molecule has 0 amide bonds. The molecule has 0 radical (unpaired) electrons. The number of aromatic nitrogens is 2. The Morgan fingerprint density at radius 2 is 2.20 bits per heavy atom. The summed E-state index contributed by atoms with van der Waals surface area (Å²) >= 11 is 0. The van der Waals surface area contributed by atoms with E-state index in [1.54, 1.807) is 0 Å². The molecule has 2 heterocycles. The molecule has 2 aliphatic rings. The van der Waals surface area contributed by atoms with Crippen molar-refractivity contribution in [1.82, 2.24) is 14.5 Å². The van der Waals surface area contributed by atoms with E-state index in [2.05, 4.69) is 16.8 Å². The smallest absolute Gasteiger partial charge is 0.326 e. The molecule has 1 saturated carbocycles. The molecule has 0 spiro atoms. The molecule has 1 aliphatic heterocycles. The Morgan fingerprint density at radius 1 is 1.40 bits per heavy atom. The maximum atomic E-state index is 12.2. The second kappa shape index (κ2) is 4.12. The molecule has 1 fully saturated rings. The lowest BCUT2D eigenvalue weighted by Crippen LogP contribution is -2.37. The van der Waals surface area contributed by atoms with Gasteiger partial charge in [0.25, 0.3) is 0 Å². The van der Waals surface area contributed by atoms with E-state index in [0.29, 0.717) is 6.04 Å². The highest BCUT2D eigenvalue weighted by Gasteiger charge is 2.30. The van der Waals surface area contributed by atoms with Crippen molar-refractivity contribution in [3.8, 4) is 0 Å². The molecule has 20 heavy (non-hydrogen) atoms. The number of H-pyrrole nitrogens is 1. The molecule has 106 valence electrons. The van der Waals surface area contributed by atoms with Gasteiger partial charge in [-0.2, -0.15) is 0 Å². The van der Waals surface area contributed by atoms with Crippen molar-refractivity contribution in [3.05, 3.63) is 28.2 Å². The van der Waals surface area contributed by atoms with Gasteiger partial charge in [0, 0.05) is 36.9 Å². The first-order valence-electron chi connectivity index (χ1n) is 7.37. The average Bonchev–Trinajstić information content (AvgIpc) is 3.18. The van der Waals surface area contributed by atoms with E-state index in [1.807, 2.05) is 16.7 Å². The number of benzene rings is 1. The number of aromatic amines is 1. The normalized spacial score (nSPS) is 23.1. The summed E-state index contributed by atoms with van der Waals surface area (Å²) in [6.07, 6.45) is 2.69. The van der Waals surface area contributed by atoms with Crippen LogP contribution in [-0.2, 0) is 13.1 Å². The summed E-state index contributed by atoms with van der Waals surface area (Å²) in [6.45, 7) is 4.91. The number of imidazole rings is 1. The SMILES string of the molecule is C[C@H]1Cn2c(=O)[nH]c3ccc(N)c(c32)CN1CC1CC1. The van der Waals surface area contributed by atoms with Crippen LogP contribution in [0.1, 0.15) is 25.3 Å². The Balaban J connectivity index is 1.86.